The van der Waals surface area contributed by atoms with Crippen LogP contribution in [0, 0.1) is 0 Å². The smallest absolute Gasteiger partial charge is 0.261 e. The molecule has 1 aromatic carbocycles. The van der Waals surface area contributed by atoms with Gasteiger partial charge in [-0.05, 0) is 12.1 Å². The Hall–Kier alpha value is -1.27. The lowest BCUT2D eigenvalue weighted by molar-refractivity contribution is 0.00762. The SMILES string of the molecule is NC(=S)c1ccccc1OCCOCC(F)F. The largest absolute Gasteiger partial charge is 0.490 e. The van der Waals surface area contributed by atoms with Crippen LogP contribution in [0.2, 0.25) is 0 Å². The number of alkyl halides is 2. The van der Waals surface area contributed by atoms with Crippen molar-refractivity contribution in [2.24, 2.45) is 5.73 Å². The lowest BCUT2D eigenvalue weighted by Gasteiger charge is -2.10. The summed E-state index contributed by atoms with van der Waals surface area (Å²) < 4.78 is 33.5. The van der Waals surface area contributed by atoms with E-state index < -0.39 is 13.0 Å². The summed E-state index contributed by atoms with van der Waals surface area (Å²) in [5, 5.41) is 0. The van der Waals surface area contributed by atoms with Crippen LogP contribution in [0.5, 0.6) is 5.75 Å². The van der Waals surface area contributed by atoms with Crippen molar-refractivity contribution in [2.45, 2.75) is 6.43 Å². The van der Waals surface area contributed by atoms with Gasteiger partial charge >= 0.3 is 0 Å². The van der Waals surface area contributed by atoms with Crippen LogP contribution in [0.4, 0.5) is 8.78 Å². The van der Waals surface area contributed by atoms with Crippen LogP contribution >= 0.6 is 12.2 Å². The minimum absolute atomic E-state index is 0.0933. The van der Waals surface area contributed by atoms with E-state index in [0.29, 0.717) is 11.3 Å². The molecule has 94 valence electrons. The zero-order chi connectivity index (χ0) is 12.7. The van der Waals surface area contributed by atoms with E-state index in [1.165, 1.54) is 0 Å². The highest BCUT2D eigenvalue weighted by atomic mass is 32.1. The highest BCUT2D eigenvalue weighted by Gasteiger charge is 2.05. The van der Waals surface area contributed by atoms with E-state index in [1.807, 2.05) is 0 Å². The summed E-state index contributed by atoms with van der Waals surface area (Å²) in [6.45, 7) is -0.317. The fourth-order valence-electron chi connectivity index (χ4n) is 1.18. The van der Waals surface area contributed by atoms with Gasteiger partial charge in [-0.15, -0.1) is 0 Å². The van der Waals surface area contributed by atoms with Crippen LogP contribution in [0.3, 0.4) is 0 Å². The van der Waals surface area contributed by atoms with E-state index in [4.69, 9.17) is 22.7 Å². The van der Waals surface area contributed by atoms with Crippen molar-refractivity contribution in [2.75, 3.05) is 19.8 Å². The summed E-state index contributed by atoms with van der Waals surface area (Å²) in [6, 6.07) is 7.01. The second-order valence-corrected chi connectivity index (χ2v) is 3.61. The Morgan fingerprint density at radius 2 is 2.00 bits per heavy atom. The second-order valence-electron chi connectivity index (χ2n) is 3.17. The highest BCUT2D eigenvalue weighted by molar-refractivity contribution is 7.80. The minimum Gasteiger partial charge on any atom is -0.490 e. The molecule has 0 aromatic heterocycles. The Labute approximate surface area is 104 Å². The van der Waals surface area contributed by atoms with E-state index in [-0.39, 0.29) is 18.2 Å². The first kappa shape index (κ1) is 13.8. The van der Waals surface area contributed by atoms with Gasteiger partial charge in [0.1, 0.15) is 24.0 Å². The molecule has 0 saturated heterocycles. The molecular weight excluding hydrogens is 248 g/mol. The van der Waals surface area contributed by atoms with Crippen molar-refractivity contribution in [3.05, 3.63) is 29.8 Å². The maximum Gasteiger partial charge on any atom is 0.261 e. The molecule has 3 nitrogen and oxygen atoms in total. The third-order valence-corrected chi connectivity index (χ3v) is 2.10. The molecule has 0 aliphatic carbocycles. The number of rotatable bonds is 7. The highest BCUT2D eigenvalue weighted by Crippen LogP contribution is 2.17. The quantitative estimate of drug-likeness (QED) is 0.602. The Bertz CT molecular complexity index is 374. The summed E-state index contributed by atoms with van der Waals surface area (Å²) in [5.41, 5.74) is 6.13. The minimum atomic E-state index is -2.46. The third-order valence-electron chi connectivity index (χ3n) is 1.88. The molecule has 0 atom stereocenters. The van der Waals surface area contributed by atoms with Gasteiger partial charge in [-0.25, -0.2) is 8.78 Å². The first-order chi connectivity index (χ1) is 8.11. The number of para-hydroxylation sites is 1. The maximum absolute atomic E-state index is 11.8. The standard InChI is InChI=1S/C11H13F2NO2S/c12-10(13)7-15-5-6-16-9-4-2-1-3-8(9)11(14)17/h1-4,10H,5-7H2,(H2,14,17). The average Bonchev–Trinajstić information content (AvgIpc) is 2.28. The number of thiocarbonyl (C=S) groups is 1. The molecule has 0 amide bonds. The van der Waals surface area contributed by atoms with Crippen molar-refractivity contribution >= 4 is 17.2 Å². The fraction of sp³-hybridized carbons (Fsp3) is 0.364. The molecule has 6 heteroatoms. The predicted octanol–water partition coefficient (Wildman–Crippen LogP) is 1.98. The number of halogens is 2. The first-order valence-corrected chi connectivity index (χ1v) is 5.39. The van der Waals surface area contributed by atoms with Gasteiger partial charge in [0.15, 0.2) is 0 Å². The lowest BCUT2D eigenvalue weighted by atomic mass is 10.2. The van der Waals surface area contributed by atoms with Crippen LogP contribution in [0.25, 0.3) is 0 Å². The molecule has 0 aliphatic rings. The van der Waals surface area contributed by atoms with Gasteiger partial charge in [-0.2, -0.15) is 0 Å². The van der Waals surface area contributed by atoms with Crippen LogP contribution < -0.4 is 10.5 Å². The first-order valence-electron chi connectivity index (χ1n) is 4.98. The normalized spacial score (nSPS) is 10.5. The molecule has 1 rings (SSSR count). The van der Waals surface area contributed by atoms with Gasteiger partial charge < -0.3 is 15.2 Å². The zero-order valence-electron chi connectivity index (χ0n) is 9.07. The molecular formula is C11H13F2NO2S. The Morgan fingerprint density at radius 1 is 1.29 bits per heavy atom. The number of nitrogens with two attached hydrogens (primary N) is 1. The van der Waals surface area contributed by atoms with Crippen molar-refractivity contribution in [1.29, 1.82) is 0 Å². The number of hydrogen-bond donors (Lipinski definition) is 1. The summed E-state index contributed by atoms with van der Waals surface area (Å²) in [7, 11) is 0. The Balaban J connectivity index is 2.39. The van der Waals surface area contributed by atoms with Gasteiger partial charge in [0.05, 0.1) is 12.2 Å². The number of hydrogen-bond acceptors (Lipinski definition) is 3. The van der Waals surface area contributed by atoms with Crippen molar-refractivity contribution in [3.8, 4) is 5.75 Å². The molecule has 0 bridgehead atoms. The zero-order valence-corrected chi connectivity index (χ0v) is 9.88. The second kappa shape index (κ2) is 7.13. The lowest BCUT2D eigenvalue weighted by Crippen LogP contribution is -2.15. The summed E-state index contributed by atoms with van der Waals surface area (Å²) >= 11 is 4.85. The van der Waals surface area contributed by atoms with Crippen molar-refractivity contribution < 1.29 is 18.3 Å². The van der Waals surface area contributed by atoms with Gasteiger partial charge in [0, 0.05) is 0 Å². The van der Waals surface area contributed by atoms with Crippen LogP contribution in [-0.2, 0) is 4.74 Å². The van der Waals surface area contributed by atoms with Gasteiger partial charge in [-0.1, -0.05) is 24.4 Å². The maximum atomic E-state index is 11.8. The summed E-state index contributed by atoms with van der Waals surface area (Å²) in [5.74, 6) is 0.528. The number of benzene rings is 1. The molecule has 0 aliphatic heterocycles. The van der Waals surface area contributed by atoms with E-state index in [1.54, 1.807) is 24.3 Å². The monoisotopic (exact) mass is 261 g/mol. The van der Waals surface area contributed by atoms with E-state index in [0.717, 1.165) is 0 Å². The molecule has 0 spiro atoms. The Morgan fingerprint density at radius 3 is 2.65 bits per heavy atom. The van der Waals surface area contributed by atoms with E-state index in [9.17, 15) is 8.78 Å². The predicted molar refractivity (Wildman–Crippen MR) is 64.6 cm³/mol. The molecule has 17 heavy (non-hydrogen) atoms. The van der Waals surface area contributed by atoms with Crippen molar-refractivity contribution in [3.63, 3.8) is 0 Å². The van der Waals surface area contributed by atoms with Gasteiger partial charge in [-0.3, -0.25) is 0 Å². The van der Waals surface area contributed by atoms with Crippen molar-refractivity contribution in [1.82, 2.24) is 0 Å². The Kier molecular flexibility index (Phi) is 5.79. The van der Waals surface area contributed by atoms with E-state index >= 15 is 0 Å². The molecule has 0 radical (unpaired) electrons. The van der Waals surface area contributed by atoms with E-state index in [2.05, 4.69) is 4.74 Å². The van der Waals surface area contributed by atoms with Crippen LogP contribution in [0.1, 0.15) is 5.56 Å². The molecule has 0 unspecified atom stereocenters. The third kappa shape index (κ3) is 5.06. The summed E-state index contributed by atoms with van der Waals surface area (Å²) in [6.07, 6.45) is -2.46. The summed E-state index contributed by atoms with van der Waals surface area (Å²) in [4.78, 5) is 0.231. The fourth-order valence-corrected chi connectivity index (χ4v) is 1.35. The van der Waals surface area contributed by atoms with Gasteiger partial charge in [0.25, 0.3) is 6.43 Å². The van der Waals surface area contributed by atoms with Crippen LogP contribution in [-0.4, -0.2) is 31.2 Å². The molecule has 1 aromatic rings. The molecule has 0 saturated carbocycles. The van der Waals surface area contributed by atoms with Crippen LogP contribution in [0.15, 0.2) is 24.3 Å². The molecule has 2 N–H and O–H groups in total. The number of ether oxygens (including phenoxy) is 2. The topological polar surface area (TPSA) is 44.5 Å². The van der Waals surface area contributed by atoms with Gasteiger partial charge in [0.2, 0.25) is 0 Å². The molecule has 0 fully saturated rings. The molecule has 0 heterocycles. The average molecular weight is 261 g/mol.